The summed E-state index contributed by atoms with van der Waals surface area (Å²) in [6, 6.07) is 2.23. The van der Waals surface area contributed by atoms with E-state index in [1.165, 1.54) is 12.3 Å². The second-order valence-electron chi connectivity index (χ2n) is 7.48. The Labute approximate surface area is 164 Å². The van der Waals surface area contributed by atoms with Gasteiger partial charge in [0, 0.05) is 24.1 Å². The monoisotopic (exact) mass is 412 g/mol. The van der Waals surface area contributed by atoms with Gasteiger partial charge in [-0.1, -0.05) is 0 Å². The van der Waals surface area contributed by atoms with Crippen LogP contribution in [0.5, 0.6) is 0 Å². The zero-order valence-electron chi connectivity index (χ0n) is 15.4. The van der Waals surface area contributed by atoms with Gasteiger partial charge in [0.25, 0.3) is 0 Å². The van der Waals surface area contributed by atoms with Crippen LogP contribution in [0, 0.1) is 11.2 Å². The quantitative estimate of drug-likeness (QED) is 0.673. The van der Waals surface area contributed by atoms with Gasteiger partial charge in [0.2, 0.25) is 11.8 Å². The lowest BCUT2D eigenvalue weighted by Gasteiger charge is -2.37. The number of oxazole rings is 1. The number of hydrogen-bond donors (Lipinski definition) is 3. The molecular weight excluding hydrogens is 392 g/mol. The van der Waals surface area contributed by atoms with Crippen LogP contribution in [0.25, 0.3) is 11.5 Å². The molecule has 0 aliphatic carbocycles. The van der Waals surface area contributed by atoms with Crippen LogP contribution < -0.4 is 16.0 Å². The second-order valence-corrected chi connectivity index (χ2v) is 7.48. The molecule has 2 aromatic rings. The molecule has 0 bridgehead atoms. The van der Waals surface area contributed by atoms with Gasteiger partial charge in [0.1, 0.15) is 12.1 Å². The number of alkyl halides is 3. The van der Waals surface area contributed by atoms with Crippen molar-refractivity contribution in [3.63, 3.8) is 0 Å². The molecule has 2 aliphatic rings. The number of amides is 1. The van der Waals surface area contributed by atoms with Crippen LogP contribution in [0.15, 0.2) is 28.9 Å². The minimum absolute atomic E-state index is 0.0263. The summed E-state index contributed by atoms with van der Waals surface area (Å²) in [5, 5.41) is 9.41. The van der Waals surface area contributed by atoms with Crippen molar-refractivity contribution in [2.45, 2.75) is 31.6 Å². The third kappa shape index (κ3) is 3.86. The summed E-state index contributed by atoms with van der Waals surface area (Å²) in [7, 11) is 0. The Bertz CT molecular complexity index is 906. The summed E-state index contributed by atoms with van der Waals surface area (Å²) >= 11 is 0. The van der Waals surface area contributed by atoms with Gasteiger partial charge < -0.3 is 15.1 Å². The van der Waals surface area contributed by atoms with Crippen molar-refractivity contribution in [3.8, 4) is 11.5 Å². The molecule has 10 heteroatoms. The van der Waals surface area contributed by atoms with Crippen LogP contribution in [-0.4, -0.2) is 36.6 Å². The standard InChI is InChI=1S/C19H20F4N4O2/c20-14-2-1-11(7-13(14)19(21,22)23)17-27-12(9-29-17)8-25-15-16(28)26-10-18(15)3-5-24-6-4-18/h1-2,7,9,15,24-25H,3-6,8,10H2,(H,26,28). The van der Waals surface area contributed by atoms with Crippen molar-refractivity contribution >= 4 is 5.91 Å². The molecule has 6 nitrogen and oxygen atoms in total. The lowest BCUT2D eigenvalue weighted by molar-refractivity contribution is -0.140. The lowest BCUT2D eigenvalue weighted by atomic mass is 9.75. The molecule has 2 aliphatic heterocycles. The molecule has 1 amide bonds. The molecule has 0 radical (unpaired) electrons. The zero-order valence-corrected chi connectivity index (χ0v) is 15.4. The average Bonchev–Trinajstić information content (AvgIpc) is 3.26. The largest absolute Gasteiger partial charge is 0.444 e. The van der Waals surface area contributed by atoms with E-state index >= 15 is 0 Å². The maximum absolute atomic E-state index is 13.5. The molecule has 29 heavy (non-hydrogen) atoms. The van der Waals surface area contributed by atoms with Crippen LogP contribution in [0.4, 0.5) is 17.6 Å². The molecule has 3 heterocycles. The molecule has 1 unspecified atom stereocenters. The Hall–Kier alpha value is -2.46. The predicted molar refractivity (Wildman–Crippen MR) is 95.1 cm³/mol. The molecule has 156 valence electrons. The number of carbonyl (C=O) groups is 1. The third-order valence-electron chi connectivity index (χ3n) is 5.65. The minimum Gasteiger partial charge on any atom is -0.444 e. The van der Waals surface area contributed by atoms with E-state index in [9.17, 15) is 22.4 Å². The van der Waals surface area contributed by atoms with Crippen LogP contribution in [0.2, 0.25) is 0 Å². The average molecular weight is 412 g/mol. The number of piperidine rings is 1. The highest BCUT2D eigenvalue weighted by molar-refractivity contribution is 5.85. The molecule has 2 saturated heterocycles. The number of nitrogens with one attached hydrogen (secondary N) is 3. The van der Waals surface area contributed by atoms with Gasteiger partial charge in [-0.2, -0.15) is 13.2 Å². The number of hydrogen-bond acceptors (Lipinski definition) is 5. The van der Waals surface area contributed by atoms with Gasteiger partial charge in [-0.15, -0.1) is 0 Å². The molecule has 1 spiro atoms. The molecule has 1 aromatic carbocycles. The highest BCUT2D eigenvalue weighted by Crippen LogP contribution is 2.36. The molecule has 0 saturated carbocycles. The van der Waals surface area contributed by atoms with Gasteiger partial charge in [0.15, 0.2) is 0 Å². The van der Waals surface area contributed by atoms with Crippen molar-refractivity contribution in [2.75, 3.05) is 19.6 Å². The van der Waals surface area contributed by atoms with Gasteiger partial charge in [-0.25, -0.2) is 9.37 Å². The normalized spacial score (nSPS) is 21.5. The molecule has 1 aromatic heterocycles. The van der Waals surface area contributed by atoms with Crippen molar-refractivity contribution in [2.24, 2.45) is 5.41 Å². The maximum atomic E-state index is 13.5. The van der Waals surface area contributed by atoms with Crippen molar-refractivity contribution in [1.82, 2.24) is 20.9 Å². The second kappa shape index (κ2) is 7.42. The van der Waals surface area contributed by atoms with E-state index in [1.54, 1.807) is 0 Å². The van der Waals surface area contributed by atoms with Gasteiger partial charge in [0.05, 0.1) is 17.3 Å². The Morgan fingerprint density at radius 3 is 2.76 bits per heavy atom. The SMILES string of the molecule is O=C1NCC2(CCNCC2)C1NCc1coc(-c2ccc(F)c(C(F)(F)F)c2)n1. The van der Waals surface area contributed by atoms with E-state index in [0.717, 1.165) is 32.0 Å². The summed E-state index contributed by atoms with van der Waals surface area (Å²) < 4.78 is 57.5. The van der Waals surface area contributed by atoms with Crippen molar-refractivity contribution in [1.29, 1.82) is 0 Å². The smallest absolute Gasteiger partial charge is 0.419 e. The van der Waals surface area contributed by atoms with Crippen molar-refractivity contribution in [3.05, 3.63) is 41.5 Å². The van der Waals surface area contributed by atoms with Gasteiger partial charge in [-0.05, 0) is 44.1 Å². The van der Waals surface area contributed by atoms with Gasteiger partial charge >= 0.3 is 6.18 Å². The third-order valence-corrected chi connectivity index (χ3v) is 5.65. The first kappa shape index (κ1) is 19.8. The number of rotatable bonds is 4. The zero-order chi connectivity index (χ0) is 20.6. The van der Waals surface area contributed by atoms with Crippen LogP contribution >= 0.6 is 0 Å². The molecule has 2 fully saturated rings. The summed E-state index contributed by atoms with van der Waals surface area (Å²) in [6.45, 7) is 2.52. The Balaban J connectivity index is 1.48. The Morgan fingerprint density at radius 2 is 2.03 bits per heavy atom. The molecular formula is C19H20F4N4O2. The van der Waals surface area contributed by atoms with Gasteiger partial charge in [-0.3, -0.25) is 10.1 Å². The fourth-order valence-electron chi connectivity index (χ4n) is 4.05. The minimum atomic E-state index is -4.81. The number of carbonyl (C=O) groups excluding carboxylic acids is 1. The topological polar surface area (TPSA) is 79.2 Å². The highest BCUT2D eigenvalue weighted by atomic mass is 19.4. The predicted octanol–water partition coefficient (Wildman–Crippen LogP) is 2.46. The number of halogens is 4. The van der Waals surface area contributed by atoms with Crippen LogP contribution in [-0.2, 0) is 17.5 Å². The maximum Gasteiger partial charge on any atom is 0.419 e. The van der Waals surface area contributed by atoms with Crippen LogP contribution in [0.3, 0.4) is 0 Å². The van der Waals surface area contributed by atoms with Crippen LogP contribution in [0.1, 0.15) is 24.1 Å². The van der Waals surface area contributed by atoms with Crippen molar-refractivity contribution < 1.29 is 26.8 Å². The van der Waals surface area contributed by atoms with E-state index in [0.29, 0.717) is 18.3 Å². The Morgan fingerprint density at radius 1 is 1.28 bits per heavy atom. The van der Waals surface area contributed by atoms with E-state index < -0.39 is 17.6 Å². The fraction of sp³-hybridized carbons (Fsp3) is 0.474. The fourth-order valence-corrected chi connectivity index (χ4v) is 4.05. The molecule has 1 atom stereocenters. The number of nitrogens with zero attached hydrogens (tertiary/aromatic N) is 1. The first-order chi connectivity index (χ1) is 13.8. The Kier molecular flexibility index (Phi) is 5.07. The molecule has 3 N–H and O–H groups in total. The first-order valence-corrected chi connectivity index (χ1v) is 9.32. The summed E-state index contributed by atoms with van der Waals surface area (Å²) in [5.74, 6) is -1.46. The van der Waals surface area contributed by atoms with E-state index in [4.69, 9.17) is 4.42 Å². The lowest BCUT2D eigenvalue weighted by Crippen LogP contribution is -2.51. The highest BCUT2D eigenvalue weighted by Gasteiger charge is 2.48. The number of benzene rings is 1. The summed E-state index contributed by atoms with van der Waals surface area (Å²) in [5.41, 5.74) is -1.06. The van der Waals surface area contributed by atoms with E-state index in [1.807, 2.05) is 0 Å². The first-order valence-electron chi connectivity index (χ1n) is 9.32. The van der Waals surface area contributed by atoms with E-state index in [-0.39, 0.29) is 35.4 Å². The number of aromatic nitrogens is 1. The van der Waals surface area contributed by atoms with E-state index in [2.05, 4.69) is 20.9 Å². The summed E-state index contributed by atoms with van der Waals surface area (Å²) in [6.07, 6.45) is -1.76. The summed E-state index contributed by atoms with van der Waals surface area (Å²) in [4.78, 5) is 16.5. The molecule has 4 rings (SSSR count).